The van der Waals surface area contributed by atoms with Crippen molar-refractivity contribution in [3.63, 3.8) is 0 Å². The van der Waals surface area contributed by atoms with E-state index in [4.69, 9.17) is 23.8 Å². The average Bonchev–Trinajstić information content (AvgIpc) is 3.93. The standard InChI is InChI=1S/C34H38N9O8/c1-3-47-33-35-29-13-8-12-28(32(44)50-23(2)51-34(45)48-20-9-21-49-40-43(46)41-18-6-7-19-41)30(29)42(33)22-24-14-16-25(17-15-24)26-10-4-5-11-27(26)31-36-38-39-37-31/h4-5,8,10-17,23H,3,6-7,9,18-22H2,1-2H3,(H,40,46)(H,36,37,38,39)/q+1. The number of nitroso groups, excluding NO2 is 1. The minimum Gasteiger partial charge on any atom is -0.465 e. The zero-order valence-electron chi connectivity index (χ0n) is 28.2. The minimum absolute atomic E-state index is 0.0330. The van der Waals surface area contributed by atoms with Crippen LogP contribution >= 0.6 is 0 Å². The molecule has 0 radical (unpaired) electrons. The molecule has 1 fully saturated rings. The van der Waals surface area contributed by atoms with Gasteiger partial charge in [0.05, 0.1) is 61.0 Å². The molecule has 2 aromatic heterocycles. The summed E-state index contributed by atoms with van der Waals surface area (Å²) in [5, 5.41) is 16.0. The van der Waals surface area contributed by atoms with Gasteiger partial charge in [0.15, 0.2) is 0 Å². The van der Waals surface area contributed by atoms with Gasteiger partial charge in [-0.05, 0) is 53.8 Å². The number of fused-ring (bicyclic) bond motifs is 1. The number of esters is 1. The zero-order chi connectivity index (χ0) is 35.6. The highest BCUT2D eigenvalue weighted by Gasteiger charge is 2.26. The fourth-order valence-corrected chi connectivity index (χ4v) is 5.63. The molecule has 6 rings (SSSR count). The van der Waals surface area contributed by atoms with Crippen molar-refractivity contribution in [1.82, 2.24) is 40.8 Å². The summed E-state index contributed by atoms with van der Waals surface area (Å²) in [6.07, 6.45) is -0.0581. The van der Waals surface area contributed by atoms with E-state index in [0.29, 0.717) is 60.5 Å². The number of carbonyl (C=O) groups excluding carboxylic acids is 2. The number of ether oxygens (including phenoxy) is 4. The fraction of sp³-hybridized carbons (Fsp3) is 0.353. The molecule has 0 amide bonds. The molecule has 1 atom stereocenters. The molecule has 266 valence electrons. The van der Waals surface area contributed by atoms with E-state index in [1.54, 1.807) is 23.2 Å². The summed E-state index contributed by atoms with van der Waals surface area (Å²) < 4.78 is 23.3. The third-order valence-electron chi connectivity index (χ3n) is 7.97. The molecule has 0 spiro atoms. The second kappa shape index (κ2) is 16.5. The quantitative estimate of drug-likeness (QED) is 0.0478. The van der Waals surface area contributed by atoms with Gasteiger partial charge in [-0.3, -0.25) is 4.57 Å². The summed E-state index contributed by atoms with van der Waals surface area (Å²) in [5.74, 6) is -0.226. The van der Waals surface area contributed by atoms with E-state index in [1.807, 2.05) is 60.0 Å². The van der Waals surface area contributed by atoms with Crippen LogP contribution in [0.2, 0.25) is 0 Å². The van der Waals surface area contributed by atoms with Crippen molar-refractivity contribution < 1.29 is 38.4 Å². The smallest absolute Gasteiger partial charge is 0.465 e. The summed E-state index contributed by atoms with van der Waals surface area (Å²) in [5.41, 5.74) is 7.22. The molecule has 1 aliphatic rings. The topological polar surface area (TPSA) is 188 Å². The predicted octanol–water partition coefficient (Wildman–Crippen LogP) is 4.60. The lowest BCUT2D eigenvalue weighted by molar-refractivity contribution is -0.786. The molecule has 1 saturated heterocycles. The Balaban J connectivity index is 1.08. The number of imidazole rings is 1. The second-order valence-corrected chi connectivity index (χ2v) is 11.5. The van der Waals surface area contributed by atoms with Gasteiger partial charge in [-0.2, -0.15) is 10.2 Å². The van der Waals surface area contributed by atoms with Gasteiger partial charge < -0.3 is 18.9 Å². The SMILES string of the molecule is CCOc1nc2cccc(C(=O)OC(C)OC(=O)OCCCON[N+](=O)N3CCCC3)c2n1Cc1ccc(-c2ccccc2-c2nn[nH]n2)cc1. The van der Waals surface area contributed by atoms with E-state index in [2.05, 4.69) is 31.2 Å². The van der Waals surface area contributed by atoms with E-state index in [-0.39, 0.29) is 18.8 Å². The van der Waals surface area contributed by atoms with Gasteiger partial charge in [-0.1, -0.05) is 54.6 Å². The van der Waals surface area contributed by atoms with Crippen molar-refractivity contribution in [3.05, 3.63) is 82.8 Å². The highest BCUT2D eigenvalue weighted by molar-refractivity contribution is 6.02. The summed E-state index contributed by atoms with van der Waals surface area (Å²) >= 11 is 0. The van der Waals surface area contributed by atoms with Crippen LogP contribution < -0.4 is 10.3 Å². The first-order valence-electron chi connectivity index (χ1n) is 16.6. The van der Waals surface area contributed by atoms with Crippen molar-refractivity contribution in [2.45, 2.75) is 45.9 Å². The number of nitrogens with zero attached hydrogens (tertiary/aromatic N) is 7. The number of benzene rings is 3. The zero-order valence-corrected chi connectivity index (χ0v) is 28.2. The van der Waals surface area contributed by atoms with Crippen LogP contribution in [-0.2, 0) is 25.6 Å². The van der Waals surface area contributed by atoms with Crippen molar-refractivity contribution in [3.8, 4) is 28.5 Å². The fourth-order valence-electron chi connectivity index (χ4n) is 5.63. The van der Waals surface area contributed by atoms with E-state index in [0.717, 1.165) is 35.1 Å². The number of rotatable bonds is 16. The van der Waals surface area contributed by atoms with Gasteiger partial charge in [0.1, 0.15) is 0 Å². The first-order valence-corrected chi connectivity index (χ1v) is 16.6. The predicted molar refractivity (Wildman–Crippen MR) is 181 cm³/mol. The largest absolute Gasteiger partial charge is 0.511 e. The summed E-state index contributed by atoms with van der Waals surface area (Å²) in [6, 6.07) is 21.2. The lowest BCUT2D eigenvalue weighted by atomic mass is 9.98. The Kier molecular flexibility index (Phi) is 11.3. The van der Waals surface area contributed by atoms with Crippen LogP contribution in [0.15, 0.2) is 66.7 Å². The van der Waals surface area contributed by atoms with Gasteiger partial charge >= 0.3 is 12.1 Å². The molecule has 5 aromatic rings. The molecule has 0 aliphatic carbocycles. The molecule has 3 heterocycles. The number of tetrazole rings is 1. The first-order chi connectivity index (χ1) is 24.9. The Labute approximate surface area is 292 Å². The molecular weight excluding hydrogens is 662 g/mol. The second-order valence-electron chi connectivity index (χ2n) is 11.5. The Hall–Kier alpha value is -6.10. The van der Waals surface area contributed by atoms with Crippen LogP contribution in [0.3, 0.4) is 0 Å². The summed E-state index contributed by atoms with van der Waals surface area (Å²) in [4.78, 5) is 47.8. The van der Waals surface area contributed by atoms with Crippen molar-refractivity contribution in [2.24, 2.45) is 0 Å². The number of hydrazine groups is 2. The molecule has 51 heavy (non-hydrogen) atoms. The van der Waals surface area contributed by atoms with E-state index >= 15 is 0 Å². The molecule has 2 N–H and O–H groups in total. The van der Waals surface area contributed by atoms with Crippen LogP contribution in [0.1, 0.15) is 49.0 Å². The average molecular weight is 701 g/mol. The lowest BCUT2D eigenvalue weighted by Gasteiger charge is -2.15. The van der Waals surface area contributed by atoms with Crippen LogP contribution in [0.4, 0.5) is 4.79 Å². The first kappa shape index (κ1) is 34.8. The number of hydrogen-bond acceptors (Lipinski definition) is 12. The van der Waals surface area contributed by atoms with Gasteiger partial charge in [-0.15, -0.1) is 15.2 Å². The third-order valence-corrected chi connectivity index (χ3v) is 7.97. The summed E-state index contributed by atoms with van der Waals surface area (Å²) in [7, 11) is 0. The number of carbonyl (C=O) groups is 2. The van der Waals surface area contributed by atoms with Crippen molar-refractivity contribution in [1.29, 1.82) is 0 Å². The van der Waals surface area contributed by atoms with E-state index in [9.17, 15) is 14.5 Å². The Morgan fingerprint density at radius 1 is 0.980 bits per heavy atom. The number of hydrogen-bond donors (Lipinski definition) is 2. The van der Waals surface area contributed by atoms with Gasteiger partial charge in [0.2, 0.25) is 12.1 Å². The molecule has 1 unspecified atom stereocenters. The highest BCUT2D eigenvalue weighted by Crippen LogP contribution is 2.31. The number of nitrogens with one attached hydrogen (secondary N) is 2. The molecule has 17 nitrogen and oxygen atoms in total. The van der Waals surface area contributed by atoms with Crippen LogP contribution in [0, 0.1) is 4.91 Å². The van der Waals surface area contributed by atoms with Gasteiger partial charge in [-0.25, -0.2) is 14.4 Å². The van der Waals surface area contributed by atoms with Crippen LogP contribution in [0.5, 0.6) is 6.01 Å². The van der Waals surface area contributed by atoms with Crippen LogP contribution in [-0.4, -0.2) is 91.5 Å². The molecule has 0 bridgehead atoms. The molecule has 1 aliphatic heterocycles. The van der Waals surface area contributed by atoms with Crippen molar-refractivity contribution in [2.75, 3.05) is 32.9 Å². The maximum atomic E-state index is 13.4. The molecule has 3 aromatic carbocycles. The van der Waals surface area contributed by atoms with Gasteiger partial charge in [0, 0.05) is 24.5 Å². The van der Waals surface area contributed by atoms with E-state index < -0.39 is 18.4 Å². The molecular formula is C34H38N9O8+. The number of H-pyrrole nitrogens is 1. The lowest BCUT2D eigenvalue weighted by Crippen LogP contribution is -2.40. The Morgan fingerprint density at radius 2 is 1.76 bits per heavy atom. The normalized spacial score (nSPS) is 13.2. The Bertz CT molecular complexity index is 1940. The number of aromatic nitrogens is 6. The van der Waals surface area contributed by atoms with Crippen molar-refractivity contribution >= 4 is 23.2 Å². The van der Waals surface area contributed by atoms with Gasteiger partial charge in [0.25, 0.3) is 11.0 Å². The number of aromatic amines is 1. The number of para-hydroxylation sites is 1. The molecule has 0 saturated carbocycles. The summed E-state index contributed by atoms with van der Waals surface area (Å²) in [6.45, 7) is 5.38. The highest BCUT2D eigenvalue weighted by atomic mass is 16.8. The minimum atomic E-state index is -1.25. The van der Waals surface area contributed by atoms with Crippen LogP contribution in [0.25, 0.3) is 33.5 Å². The Morgan fingerprint density at radius 3 is 2.51 bits per heavy atom. The van der Waals surface area contributed by atoms with E-state index in [1.165, 1.54) is 6.92 Å². The maximum Gasteiger partial charge on any atom is 0.511 e. The third kappa shape index (κ3) is 8.56. The maximum absolute atomic E-state index is 13.4. The molecule has 17 heteroatoms. The monoisotopic (exact) mass is 700 g/mol.